The van der Waals surface area contributed by atoms with Gasteiger partial charge in [0.1, 0.15) is 0 Å². The highest BCUT2D eigenvalue weighted by Gasteiger charge is 2.27. The summed E-state index contributed by atoms with van der Waals surface area (Å²) in [4.78, 5) is 15.9. The molecule has 0 spiro atoms. The van der Waals surface area contributed by atoms with E-state index in [1.807, 2.05) is 12.1 Å². The van der Waals surface area contributed by atoms with E-state index in [0.29, 0.717) is 5.56 Å². The minimum atomic E-state index is -0.856. The van der Waals surface area contributed by atoms with E-state index in [0.717, 1.165) is 25.7 Å². The van der Waals surface area contributed by atoms with Gasteiger partial charge in [0.25, 0.3) is 0 Å². The Morgan fingerprint density at radius 1 is 1.10 bits per heavy atom. The smallest absolute Gasteiger partial charge is 0.335 e. The first kappa shape index (κ1) is 13.6. The summed E-state index contributed by atoms with van der Waals surface area (Å²) in [5, 5.41) is 8.89. The van der Waals surface area contributed by atoms with Gasteiger partial charge in [-0.3, -0.25) is 9.80 Å². The van der Waals surface area contributed by atoms with Gasteiger partial charge in [-0.2, -0.15) is 0 Å². The molecule has 1 heterocycles. The highest BCUT2D eigenvalue weighted by Crippen LogP contribution is 2.25. The second kappa shape index (κ2) is 5.94. The van der Waals surface area contributed by atoms with E-state index in [-0.39, 0.29) is 0 Å². The lowest BCUT2D eigenvalue weighted by Crippen LogP contribution is -2.51. The molecular weight excluding hydrogens is 252 g/mol. The quantitative estimate of drug-likeness (QED) is 0.912. The zero-order valence-corrected chi connectivity index (χ0v) is 11.8. The molecule has 1 aromatic carbocycles. The number of hydrogen-bond donors (Lipinski definition) is 1. The molecule has 0 bridgehead atoms. The van der Waals surface area contributed by atoms with Crippen LogP contribution in [0.1, 0.15) is 35.2 Å². The molecular formula is C16H22N2O2. The van der Waals surface area contributed by atoms with Gasteiger partial charge in [0.2, 0.25) is 0 Å². The summed E-state index contributed by atoms with van der Waals surface area (Å²) in [5.41, 5.74) is 1.57. The molecule has 0 radical (unpaired) electrons. The maximum absolute atomic E-state index is 10.8. The Morgan fingerprint density at radius 3 is 2.25 bits per heavy atom. The first-order valence-corrected chi connectivity index (χ1v) is 7.51. The zero-order chi connectivity index (χ0) is 13.9. The van der Waals surface area contributed by atoms with Crippen molar-refractivity contribution in [3.63, 3.8) is 0 Å². The van der Waals surface area contributed by atoms with Crippen molar-refractivity contribution in [2.75, 3.05) is 26.2 Å². The Hall–Kier alpha value is -1.39. The van der Waals surface area contributed by atoms with Gasteiger partial charge >= 0.3 is 5.97 Å². The van der Waals surface area contributed by atoms with E-state index in [1.165, 1.54) is 37.9 Å². The fourth-order valence-electron chi connectivity index (χ4n) is 3.05. The van der Waals surface area contributed by atoms with Gasteiger partial charge in [0.05, 0.1) is 5.56 Å². The molecule has 0 aromatic heterocycles. The lowest BCUT2D eigenvalue weighted by Gasteiger charge is -2.43. The van der Waals surface area contributed by atoms with E-state index in [9.17, 15) is 4.79 Å². The fraction of sp³-hybridized carbons (Fsp3) is 0.562. The maximum Gasteiger partial charge on any atom is 0.335 e. The molecule has 0 atom stereocenters. The van der Waals surface area contributed by atoms with Crippen molar-refractivity contribution in [1.29, 1.82) is 0 Å². The number of aromatic carboxylic acids is 1. The molecule has 1 aliphatic carbocycles. The number of hydrogen-bond acceptors (Lipinski definition) is 3. The minimum absolute atomic E-state index is 0.364. The van der Waals surface area contributed by atoms with Gasteiger partial charge in [-0.05, 0) is 30.5 Å². The molecule has 4 nitrogen and oxygen atoms in total. The molecule has 3 rings (SSSR count). The Bertz CT molecular complexity index is 460. The zero-order valence-electron chi connectivity index (χ0n) is 11.8. The highest BCUT2D eigenvalue weighted by molar-refractivity contribution is 5.87. The number of rotatable bonds is 4. The second-order valence-corrected chi connectivity index (χ2v) is 5.90. The Morgan fingerprint density at radius 2 is 1.75 bits per heavy atom. The largest absolute Gasteiger partial charge is 0.478 e. The molecule has 1 N–H and O–H groups in total. The Balaban J connectivity index is 1.50. The van der Waals surface area contributed by atoms with Crippen molar-refractivity contribution in [3.05, 3.63) is 35.4 Å². The first-order valence-electron chi connectivity index (χ1n) is 7.51. The average molecular weight is 274 g/mol. The molecule has 0 unspecified atom stereocenters. The van der Waals surface area contributed by atoms with E-state index in [1.54, 1.807) is 12.1 Å². The van der Waals surface area contributed by atoms with Gasteiger partial charge in [0, 0.05) is 38.8 Å². The van der Waals surface area contributed by atoms with Crippen molar-refractivity contribution in [1.82, 2.24) is 9.80 Å². The normalized spacial score (nSPS) is 21.6. The topological polar surface area (TPSA) is 43.8 Å². The fourth-order valence-corrected chi connectivity index (χ4v) is 3.05. The number of nitrogens with zero attached hydrogens (tertiary/aromatic N) is 2. The molecule has 4 heteroatoms. The van der Waals surface area contributed by atoms with Crippen LogP contribution in [0.5, 0.6) is 0 Å². The number of benzene rings is 1. The standard InChI is InChI=1S/C16H22N2O2/c19-16(20)14-6-4-13(5-7-14)12-17-8-10-18(11-9-17)15-2-1-3-15/h4-7,15H,1-3,8-12H2,(H,19,20). The van der Waals surface area contributed by atoms with Crippen molar-refractivity contribution in [2.45, 2.75) is 31.8 Å². The van der Waals surface area contributed by atoms with Gasteiger partial charge in [0.15, 0.2) is 0 Å². The van der Waals surface area contributed by atoms with Crippen LogP contribution in [0.25, 0.3) is 0 Å². The molecule has 0 amide bonds. The van der Waals surface area contributed by atoms with Crippen molar-refractivity contribution in [2.24, 2.45) is 0 Å². The summed E-state index contributed by atoms with van der Waals surface area (Å²) in [6, 6.07) is 8.11. The second-order valence-electron chi connectivity index (χ2n) is 5.90. The van der Waals surface area contributed by atoms with Crippen LogP contribution < -0.4 is 0 Å². The molecule has 1 aromatic rings. The summed E-state index contributed by atoms with van der Waals surface area (Å²) in [7, 11) is 0. The molecule has 1 saturated carbocycles. The van der Waals surface area contributed by atoms with Crippen LogP contribution in [0.3, 0.4) is 0 Å². The summed E-state index contributed by atoms with van der Waals surface area (Å²) in [6.07, 6.45) is 4.17. The lowest BCUT2D eigenvalue weighted by atomic mass is 9.91. The van der Waals surface area contributed by atoms with Crippen LogP contribution in [-0.2, 0) is 6.54 Å². The van der Waals surface area contributed by atoms with E-state index in [2.05, 4.69) is 9.80 Å². The van der Waals surface area contributed by atoms with Gasteiger partial charge in [-0.25, -0.2) is 4.79 Å². The maximum atomic E-state index is 10.8. The molecule has 1 aliphatic heterocycles. The minimum Gasteiger partial charge on any atom is -0.478 e. The van der Waals surface area contributed by atoms with Crippen LogP contribution in [0, 0.1) is 0 Å². The molecule has 1 saturated heterocycles. The van der Waals surface area contributed by atoms with Crippen LogP contribution in [0.4, 0.5) is 0 Å². The number of carboxylic acids is 1. The number of carbonyl (C=O) groups is 1. The summed E-state index contributed by atoms with van der Waals surface area (Å²) in [5.74, 6) is -0.856. The van der Waals surface area contributed by atoms with Crippen molar-refractivity contribution >= 4 is 5.97 Å². The van der Waals surface area contributed by atoms with Gasteiger partial charge in [-0.15, -0.1) is 0 Å². The Labute approximate surface area is 120 Å². The third kappa shape index (κ3) is 3.02. The SMILES string of the molecule is O=C(O)c1ccc(CN2CCN(C3CCC3)CC2)cc1. The first-order chi connectivity index (χ1) is 9.72. The average Bonchev–Trinajstić information content (AvgIpc) is 2.39. The van der Waals surface area contributed by atoms with Crippen molar-refractivity contribution in [3.8, 4) is 0 Å². The summed E-state index contributed by atoms with van der Waals surface area (Å²) < 4.78 is 0. The van der Waals surface area contributed by atoms with Crippen LogP contribution >= 0.6 is 0 Å². The predicted octanol–water partition coefficient (Wildman–Crippen LogP) is 2.05. The summed E-state index contributed by atoms with van der Waals surface area (Å²) in [6.45, 7) is 5.53. The van der Waals surface area contributed by atoms with Gasteiger partial charge < -0.3 is 5.11 Å². The van der Waals surface area contributed by atoms with Crippen LogP contribution in [0.2, 0.25) is 0 Å². The monoisotopic (exact) mass is 274 g/mol. The Kier molecular flexibility index (Phi) is 4.03. The molecule has 108 valence electrons. The van der Waals surface area contributed by atoms with Crippen LogP contribution in [0.15, 0.2) is 24.3 Å². The van der Waals surface area contributed by atoms with Crippen molar-refractivity contribution < 1.29 is 9.90 Å². The molecule has 20 heavy (non-hydrogen) atoms. The summed E-state index contributed by atoms with van der Waals surface area (Å²) >= 11 is 0. The van der Waals surface area contributed by atoms with E-state index < -0.39 is 5.97 Å². The van der Waals surface area contributed by atoms with E-state index >= 15 is 0 Å². The third-order valence-corrected chi connectivity index (χ3v) is 4.61. The lowest BCUT2D eigenvalue weighted by molar-refractivity contribution is 0.0587. The number of piperazine rings is 1. The van der Waals surface area contributed by atoms with E-state index in [4.69, 9.17) is 5.11 Å². The highest BCUT2D eigenvalue weighted by atomic mass is 16.4. The predicted molar refractivity (Wildman–Crippen MR) is 77.9 cm³/mol. The van der Waals surface area contributed by atoms with Crippen LogP contribution in [-0.4, -0.2) is 53.1 Å². The molecule has 2 aliphatic rings. The third-order valence-electron chi connectivity index (χ3n) is 4.61. The molecule has 2 fully saturated rings. The van der Waals surface area contributed by atoms with Gasteiger partial charge in [-0.1, -0.05) is 18.6 Å². The number of carboxylic acid groups (broad SMARTS) is 1.